The van der Waals surface area contributed by atoms with E-state index in [0.29, 0.717) is 4.34 Å². The molecule has 0 aliphatic carbocycles. The number of rotatable bonds is 2. The average Bonchev–Trinajstić information content (AvgIpc) is 2.68. The molecule has 0 saturated carbocycles. The summed E-state index contributed by atoms with van der Waals surface area (Å²) in [6.07, 6.45) is 0. The summed E-state index contributed by atoms with van der Waals surface area (Å²) in [6.45, 7) is 5.44. The normalized spacial score (nSPS) is 20.8. The highest BCUT2D eigenvalue weighted by Gasteiger charge is 2.41. The molecule has 1 aliphatic rings. The Kier molecular flexibility index (Phi) is 3.38. The van der Waals surface area contributed by atoms with E-state index >= 15 is 0 Å². The summed E-state index contributed by atoms with van der Waals surface area (Å²) in [5, 5.41) is 2.69. The van der Waals surface area contributed by atoms with Gasteiger partial charge in [-0.25, -0.2) is 0 Å². The van der Waals surface area contributed by atoms with E-state index in [1.807, 2.05) is 13.0 Å². The largest absolute Gasteiger partial charge is 0.341 e. The van der Waals surface area contributed by atoms with Gasteiger partial charge in [-0.1, -0.05) is 11.6 Å². The lowest BCUT2D eigenvalue weighted by Gasteiger charge is -2.40. The van der Waals surface area contributed by atoms with Crippen molar-refractivity contribution in [3.05, 3.63) is 21.3 Å². The lowest BCUT2D eigenvalue weighted by Crippen LogP contribution is -2.64. The second-order valence-electron chi connectivity index (χ2n) is 4.92. The first-order valence-electron chi connectivity index (χ1n) is 5.68. The molecule has 1 N–H and O–H groups in total. The Bertz CT molecular complexity index is 498. The molecule has 2 heterocycles. The zero-order chi connectivity index (χ0) is 13.5. The number of hydrogen-bond acceptors (Lipinski definition) is 3. The molecule has 2 amide bonds. The summed E-state index contributed by atoms with van der Waals surface area (Å²) in [5.41, 5.74) is -0.843. The van der Waals surface area contributed by atoms with Gasteiger partial charge in [0.2, 0.25) is 11.8 Å². The molecule has 1 aliphatic heterocycles. The Morgan fingerprint density at radius 2 is 2.11 bits per heavy atom. The monoisotopic (exact) mass is 286 g/mol. The van der Waals surface area contributed by atoms with Crippen LogP contribution in [0.1, 0.15) is 31.7 Å². The van der Waals surface area contributed by atoms with Crippen LogP contribution < -0.4 is 5.32 Å². The van der Waals surface area contributed by atoms with E-state index in [1.54, 1.807) is 24.8 Å². The molecule has 1 atom stereocenters. The van der Waals surface area contributed by atoms with Crippen LogP contribution in [-0.4, -0.2) is 28.8 Å². The van der Waals surface area contributed by atoms with Crippen molar-refractivity contribution in [1.29, 1.82) is 0 Å². The summed E-state index contributed by atoms with van der Waals surface area (Å²) in [4.78, 5) is 26.5. The molecule has 1 saturated heterocycles. The average molecular weight is 287 g/mol. The quantitative estimate of drug-likeness (QED) is 0.906. The van der Waals surface area contributed by atoms with Crippen LogP contribution in [0.15, 0.2) is 12.1 Å². The summed E-state index contributed by atoms with van der Waals surface area (Å²) in [6, 6.07) is 3.56. The molecular formula is C12H15ClN2O2S. The van der Waals surface area contributed by atoms with Crippen LogP contribution in [0.3, 0.4) is 0 Å². The summed E-state index contributed by atoms with van der Waals surface area (Å²) < 4.78 is 0.685. The van der Waals surface area contributed by atoms with Gasteiger partial charge in [0.05, 0.1) is 10.4 Å². The van der Waals surface area contributed by atoms with E-state index in [1.165, 1.54) is 11.3 Å². The number of thiophene rings is 1. The first-order valence-corrected chi connectivity index (χ1v) is 6.88. The molecule has 2 rings (SSSR count). The van der Waals surface area contributed by atoms with Crippen LogP contribution in [0.5, 0.6) is 0 Å². The second kappa shape index (κ2) is 4.55. The number of carbonyl (C=O) groups excluding carboxylic acids is 2. The van der Waals surface area contributed by atoms with E-state index in [2.05, 4.69) is 5.32 Å². The predicted octanol–water partition coefficient (Wildman–Crippen LogP) is 2.20. The van der Waals surface area contributed by atoms with Crippen molar-refractivity contribution >= 4 is 34.8 Å². The number of nitrogens with zero attached hydrogens (tertiary/aromatic N) is 1. The summed E-state index contributed by atoms with van der Waals surface area (Å²) in [5.74, 6) is -0.201. The van der Waals surface area contributed by atoms with Crippen molar-refractivity contribution in [2.24, 2.45) is 0 Å². The molecular weight excluding hydrogens is 272 g/mol. The molecule has 98 valence electrons. The Morgan fingerprint density at radius 3 is 2.67 bits per heavy atom. The maximum absolute atomic E-state index is 12.3. The van der Waals surface area contributed by atoms with E-state index in [0.717, 1.165) is 4.88 Å². The van der Waals surface area contributed by atoms with Gasteiger partial charge in [0.1, 0.15) is 12.1 Å². The maximum atomic E-state index is 12.3. The van der Waals surface area contributed by atoms with Crippen molar-refractivity contribution in [3.63, 3.8) is 0 Å². The van der Waals surface area contributed by atoms with Crippen molar-refractivity contribution in [1.82, 2.24) is 10.2 Å². The number of carbonyl (C=O) groups is 2. The molecule has 0 radical (unpaired) electrons. The minimum Gasteiger partial charge on any atom is -0.341 e. The number of halogens is 1. The van der Waals surface area contributed by atoms with Gasteiger partial charge in [-0.15, -0.1) is 11.3 Å². The molecule has 0 bridgehead atoms. The predicted molar refractivity (Wildman–Crippen MR) is 71.7 cm³/mol. The SMILES string of the molecule is CC(c1ccc(Cl)s1)N1CC(=O)NC(C)(C)C1=O. The first-order chi connectivity index (χ1) is 8.31. The van der Waals surface area contributed by atoms with Gasteiger partial charge >= 0.3 is 0 Å². The Hall–Kier alpha value is -1.07. The molecule has 4 nitrogen and oxygen atoms in total. The van der Waals surface area contributed by atoms with Gasteiger partial charge < -0.3 is 10.2 Å². The van der Waals surface area contributed by atoms with Crippen molar-refractivity contribution in [2.75, 3.05) is 6.54 Å². The molecule has 1 fully saturated rings. The van der Waals surface area contributed by atoms with Crippen LogP contribution in [0.25, 0.3) is 0 Å². The third kappa shape index (κ3) is 2.37. The molecule has 0 aromatic carbocycles. The fourth-order valence-corrected chi connectivity index (χ4v) is 3.17. The van der Waals surface area contributed by atoms with E-state index in [9.17, 15) is 9.59 Å². The molecule has 1 aromatic rings. The highest BCUT2D eigenvalue weighted by atomic mass is 35.5. The maximum Gasteiger partial charge on any atom is 0.248 e. The Labute approximate surface area is 115 Å². The van der Waals surface area contributed by atoms with Gasteiger partial charge in [-0.2, -0.15) is 0 Å². The highest BCUT2D eigenvalue weighted by molar-refractivity contribution is 7.16. The first kappa shape index (κ1) is 13.4. The molecule has 1 aromatic heterocycles. The van der Waals surface area contributed by atoms with Gasteiger partial charge in [0.15, 0.2) is 0 Å². The third-order valence-corrected chi connectivity index (χ3v) is 4.44. The van der Waals surface area contributed by atoms with Crippen molar-refractivity contribution in [2.45, 2.75) is 32.4 Å². The summed E-state index contributed by atoms with van der Waals surface area (Å²) in [7, 11) is 0. The standard InChI is InChI=1S/C12H15ClN2O2S/c1-7(8-4-5-9(13)18-8)15-6-10(16)14-12(2,3)11(15)17/h4-5,7H,6H2,1-3H3,(H,14,16). The minimum absolute atomic E-state index is 0.0703. The van der Waals surface area contributed by atoms with Crippen LogP contribution in [-0.2, 0) is 9.59 Å². The minimum atomic E-state index is -0.843. The van der Waals surface area contributed by atoms with E-state index in [4.69, 9.17) is 11.6 Å². The van der Waals surface area contributed by atoms with Gasteiger partial charge in [0, 0.05) is 4.88 Å². The lowest BCUT2D eigenvalue weighted by atomic mass is 9.99. The topological polar surface area (TPSA) is 49.4 Å². The fourth-order valence-electron chi connectivity index (χ4n) is 2.05. The van der Waals surface area contributed by atoms with Crippen LogP contribution >= 0.6 is 22.9 Å². The number of piperazine rings is 1. The molecule has 6 heteroatoms. The van der Waals surface area contributed by atoms with Crippen molar-refractivity contribution < 1.29 is 9.59 Å². The van der Waals surface area contributed by atoms with E-state index < -0.39 is 5.54 Å². The highest BCUT2D eigenvalue weighted by Crippen LogP contribution is 2.32. The lowest BCUT2D eigenvalue weighted by molar-refractivity contribution is -0.150. The number of nitrogens with one attached hydrogen (secondary N) is 1. The van der Waals surface area contributed by atoms with Gasteiger partial charge in [0.25, 0.3) is 0 Å². The summed E-state index contributed by atoms with van der Waals surface area (Å²) >= 11 is 7.33. The van der Waals surface area contributed by atoms with E-state index in [-0.39, 0.29) is 24.4 Å². The van der Waals surface area contributed by atoms with Gasteiger partial charge in [-0.05, 0) is 32.9 Å². The zero-order valence-corrected chi connectivity index (χ0v) is 12.1. The van der Waals surface area contributed by atoms with Gasteiger partial charge in [-0.3, -0.25) is 9.59 Å². The molecule has 0 spiro atoms. The molecule has 1 unspecified atom stereocenters. The molecule has 18 heavy (non-hydrogen) atoms. The number of hydrogen-bond donors (Lipinski definition) is 1. The van der Waals surface area contributed by atoms with Crippen LogP contribution in [0.4, 0.5) is 0 Å². The Balaban J connectivity index is 2.26. The number of amides is 2. The van der Waals surface area contributed by atoms with Crippen LogP contribution in [0.2, 0.25) is 4.34 Å². The Morgan fingerprint density at radius 1 is 1.44 bits per heavy atom. The fraction of sp³-hybridized carbons (Fsp3) is 0.500. The van der Waals surface area contributed by atoms with Crippen molar-refractivity contribution in [3.8, 4) is 0 Å². The zero-order valence-electron chi connectivity index (χ0n) is 10.5. The van der Waals surface area contributed by atoms with Crippen LogP contribution in [0, 0.1) is 0 Å². The second-order valence-corrected chi connectivity index (χ2v) is 6.67. The third-order valence-electron chi connectivity index (χ3n) is 3.03. The smallest absolute Gasteiger partial charge is 0.248 e.